The molecule has 0 spiro atoms. The molecule has 8 nitrogen and oxygen atoms in total. The van der Waals surface area contributed by atoms with Crippen LogP contribution in [-0.4, -0.2) is 46.3 Å². The summed E-state index contributed by atoms with van der Waals surface area (Å²) in [6.07, 6.45) is 4.80. The van der Waals surface area contributed by atoms with Crippen LogP contribution in [0.15, 0.2) is 55.1 Å². The standard InChI is InChI=1S/C24H23ClN4O4S/c1-15-21(33-18-7-4-3-6-17(18)32-15)23(30)29(12-5-11-28-13-10-26-14-28)24-27-20-19(31-2)9-8-16(25)22(20)34-24/h3-4,6-10,13-15,21H,5,11-12H2,1-2H3. The largest absolute Gasteiger partial charge is 0.494 e. The van der Waals surface area contributed by atoms with Gasteiger partial charge in [-0.05, 0) is 37.6 Å². The lowest BCUT2D eigenvalue weighted by Crippen LogP contribution is -2.51. The van der Waals surface area contributed by atoms with Crippen LogP contribution in [0.2, 0.25) is 5.02 Å². The molecule has 176 valence electrons. The number of aromatic nitrogens is 3. The fraction of sp³-hybridized carbons (Fsp3) is 0.292. The number of thiazole rings is 1. The highest BCUT2D eigenvalue weighted by Crippen LogP contribution is 2.40. The van der Waals surface area contributed by atoms with E-state index in [-0.39, 0.29) is 5.91 Å². The number of ether oxygens (including phenoxy) is 3. The smallest absolute Gasteiger partial charge is 0.273 e. The first-order valence-electron chi connectivity index (χ1n) is 10.9. The molecule has 10 heteroatoms. The average molecular weight is 499 g/mol. The normalized spacial score (nSPS) is 17.0. The minimum absolute atomic E-state index is 0.221. The molecule has 2 atom stereocenters. The number of carbonyl (C=O) groups is 1. The lowest BCUT2D eigenvalue weighted by molar-refractivity contribution is -0.130. The van der Waals surface area contributed by atoms with Crippen LogP contribution in [0.3, 0.4) is 0 Å². The Hall–Kier alpha value is -3.30. The van der Waals surface area contributed by atoms with E-state index in [1.54, 1.807) is 42.7 Å². The van der Waals surface area contributed by atoms with Crippen LogP contribution in [0.1, 0.15) is 13.3 Å². The number of para-hydroxylation sites is 2. The van der Waals surface area contributed by atoms with E-state index in [1.807, 2.05) is 35.9 Å². The van der Waals surface area contributed by atoms with Crippen molar-refractivity contribution in [3.63, 3.8) is 0 Å². The Bertz CT molecular complexity index is 1310. The Balaban J connectivity index is 1.47. The van der Waals surface area contributed by atoms with Gasteiger partial charge in [-0.1, -0.05) is 35.1 Å². The minimum atomic E-state index is -0.812. The summed E-state index contributed by atoms with van der Waals surface area (Å²) in [7, 11) is 1.59. The van der Waals surface area contributed by atoms with Crippen molar-refractivity contribution < 1.29 is 19.0 Å². The molecule has 0 bridgehead atoms. The third kappa shape index (κ3) is 4.28. The fourth-order valence-corrected chi connectivity index (χ4v) is 5.18. The molecule has 0 saturated heterocycles. The molecule has 1 amide bonds. The van der Waals surface area contributed by atoms with Crippen molar-refractivity contribution in [3.05, 3.63) is 60.1 Å². The van der Waals surface area contributed by atoms with E-state index in [0.717, 1.165) is 4.70 Å². The van der Waals surface area contributed by atoms with Crippen LogP contribution in [0.5, 0.6) is 17.2 Å². The third-order valence-electron chi connectivity index (χ3n) is 5.61. The second kappa shape index (κ2) is 9.52. The zero-order valence-corrected chi connectivity index (χ0v) is 20.3. The molecule has 2 unspecified atom stereocenters. The van der Waals surface area contributed by atoms with Gasteiger partial charge in [-0.25, -0.2) is 9.97 Å². The maximum absolute atomic E-state index is 13.8. The molecule has 0 saturated carbocycles. The number of anilines is 1. The first-order valence-corrected chi connectivity index (χ1v) is 12.1. The SMILES string of the molecule is COc1ccc(Cl)c2sc(N(CCCn3ccnc3)C(=O)C3Oc4ccccc4OC3C)nc12. The predicted molar refractivity (Wildman–Crippen MR) is 131 cm³/mol. The predicted octanol–water partition coefficient (Wildman–Crippen LogP) is 4.81. The Kier molecular flexibility index (Phi) is 6.30. The lowest BCUT2D eigenvalue weighted by atomic mass is 10.1. The molecule has 2 aromatic heterocycles. The van der Waals surface area contributed by atoms with Crippen LogP contribution < -0.4 is 19.1 Å². The minimum Gasteiger partial charge on any atom is -0.494 e. The Morgan fingerprint density at radius 3 is 2.76 bits per heavy atom. The average Bonchev–Trinajstić information content (AvgIpc) is 3.52. The molecular weight excluding hydrogens is 476 g/mol. The number of aryl methyl sites for hydroxylation is 1. The monoisotopic (exact) mass is 498 g/mol. The molecule has 0 radical (unpaired) electrons. The van der Waals surface area contributed by atoms with Crippen molar-refractivity contribution in [2.45, 2.75) is 32.1 Å². The fourth-order valence-electron chi connectivity index (χ4n) is 3.90. The zero-order chi connectivity index (χ0) is 23.7. The van der Waals surface area contributed by atoms with Crippen molar-refractivity contribution >= 4 is 44.2 Å². The van der Waals surface area contributed by atoms with Gasteiger partial charge >= 0.3 is 0 Å². The Morgan fingerprint density at radius 2 is 2.03 bits per heavy atom. The summed E-state index contributed by atoms with van der Waals surface area (Å²) < 4.78 is 20.3. The number of imidazole rings is 1. The van der Waals surface area contributed by atoms with Crippen LogP contribution in [0, 0.1) is 0 Å². The maximum atomic E-state index is 13.8. The molecule has 1 aliphatic heterocycles. The summed E-state index contributed by atoms with van der Waals surface area (Å²) >= 11 is 7.80. The van der Waals surface area contributed by atoms with Crippen LogP contribution in [0.4, 0.5) is 5.13 Å². The summed E-state index contributed by atoms with van der Waals surface area (Å²) in [5.41, 5.74) is 0.626. The number of nitrogens with zero attached hydrogens (tertiary/aromatic N) is 4. The van der Waals surface area contributed by atoms with Crippen molar-refractivity contribution in [1.82, 2.24) is 14.5 Å². The highest BCUT2D eigenvalue weighted by Gasteiger charge is 2.38. The van der Waals surface area contributed by atoms with E-state index in [0.29, 0.717) is 52.4 Å². The van der Waals surface area contributed by atoms with Gasteiger partial charge in [-0.15, -0.1) is 0 Å². The highest BCUT2D eigenvalue weighted by atomic mass is 35.5. The summed E-state index contributed by atoms with van der Waals surface area (Å²) in [5.74, 6) is 1.56. The first kappa shape index (κ1) is 22.5. The van der Waals surface area contributed by atoms with Gasteiger partial charge in [0.1, 0.15) is 17.4 Å². The second-order valence-corrected chi connectivity index (χ2v) is 9.26. The molecule has 34 heavy (non-hydrogen) atoms. The Morgan fingerprint density at radius 1 is 1.24 bits per heavy atom. The summed E-state index contributed by atoms with van der Waals surface area (Å²) in [5, 5.41) is 1.09. The van der Waals surface area contributed by atoms with Crippen molar-refractivity contribution in [2.75, 3.05) is 18.6 Å². The van der Waals surface area contributed by atoms with Crippen molar-refractivity contribution in [3.8, 4) is 17.2 Å². The van der Waals surface area contributed by atoms with Gasteiger partial charge in [-0.3, -0.25) is 9.69 Å². The zero-order valence-electron chi connectivity index (χ0n) is 18.7. The van der Waals surface area contributed by atoms with E-state index in [9.17, 15) is 4.79 Å². The number of carbonyl (C=O) groups excluding carboxylic acids is 1. The first-order chi connectivity index (χ1) is 16.5. The number of halogens is 1. The van der Waals surface area contributed by atoms with Crippen molar-refractivity contribution in [1.29, 1.82) is 0 Å². The van der Waals surface area contributed by atoms with Gasteiger partial charge < -0.3 is 18.8 Å². The number of benzene rings is 2. The number of hydrogen-bond acceptors (Lipinski definition) is 7. The summed E-state index contributed by atoms with van der Waals surface area (Å²) in [4.78, 5) is 24.3. The molecule has 0 aliphatic carbocycles. The van der Waals surface area contributed by atoms with E-state index in [1.165, 1.54) is 11.3 Å². The molecule has 4 aromatic rings. The van der Waals surface area contributed by atoms with Gasteiger partial charge in [-0.2, -0.15) is 0 Å². The van der Waals surface area contributed by atoms with Crippen LogP contribution in [-0.2, 0) is 11.3 Å². The topological polar surface area (TPSA) is 78.7 Å². The van der Waals surface area contributed by atoms with Gasteiger partial charge in [0.15, 0.2) is 16.6 Å². The van der Waals surface area contributed by atoms with Crippen molar-refractivity contribution in [2.24, 2.45) is 0 Å². The van der Waals surface area contributed by atoms with E-state index in [4.69, 9.17) is 30.8 Å². The summed E-state index contributed by atoms with van der Waals surface area (Å²) in [6, 6.07) is 10.9. The van der Waals surface area contributed by atoms with E-state index >= 15 is 0 Å². The summed E-state index contributed by atoms with van der Waals surface area (Å²) in [6.45, 7) is 2.98. The number of amides is 1. The maximum Gasteiger partial charge on any atom is 0.273 e. The Labute approximate surface area is 205 Å². The molecule has 5 rings (SSSR count). The molecule has 1 aliphatic rings. The van der Waals surface area contributed by atoms with E-state index < -0.39 is 12.2 Å². The van der Waals surface area contributed by atoms with Crippen LogP contribution in [0.25, 0.3) is 10.2 Å². The third-order valence-corrected chi connectivity index (χ3v) is 7.15. The second-order valence-electron chi connectivity index (χ2n) is 7.88. The lowest BCUT2D eigenvalue weighted by Gasteiger charge is -2.33. The van der Waals surface area contributed by atoms with Gasteiger partial charge in [0, 0.05) is 25.5 Å². The van der Waals surface area contributed by atoms with Gasteiger partial charge in [0.25, 0.3) is 5.91 Å². The molecule has 0 fully saturated rings. The quantitative estimate of drug-likeness (QED) is 0.364. The number of rotatable bonds is 7. The van der Waals surface area contributed by atoms with Gasteiger partial charge in [0.05, 0.1) is 23.2 Å². The van der Waals surface area contributed by atoms with Crippen LogP contribution >= 0.6 is 22.9 Å². The molecular formula is C24H23ClN4O4S. The van der Waals surface area contributed by atoms with Gasteiger partial charge in [0.2, 0.25) is 6.10 Å². The molecule has 3 heterocycles. The number of methoxy groups -OCH3 is 1. The number of hydrogen-bond donors (Lipinski definition) is 0. The molecule has 0 N–H and O–H groups in total. The molecule has 2 aromatic carbocycles. The highest BCUT2D eigenvalue weighted by molar-refractivity contribution is 7.23. The van der Waals surface area contributed by atoms with E-state index in [2.05, 4.69) is 4.98 Å². The number of fused-ring (bicyclic) bond motifs is 2.